The maximum Gasteiger partial charge on any atom is 0.263 e. The number of nitrogens with one attached hydrogen (secondary N) is 2. The minimum Gasteiger partial charge on any atom is -0.497 e. The molecule has 0 aliphatic carbocycles. The van der Waals surface area contributed by atoms with E-state index >= 15 is 0 Å². The molecule has 0 bridgehead atoms. The minimum atomic E-state index is -0.639. The number of hydrogen-bond acceptors (Lipinski definition) is 5. The Morgan fingerprint density at radius 2 is 1.87 bits per heavy atom. The lowest BCUT2D eigenvalue weighted by molar-refractivity contribution is -0.124. The molecule has 0 unspecified atom stereocenters. The van der Waals surface area contributed by atoms with E-state index in [0.29, 0.717) is 43.8 Å². The number of carbonyl (C=O) groups excluding carboxylic acids is 3. The number of rotatable bonds is 8. The summed E-state index contributed by atoms with van der Waals surface area (Å²) < 4.78 is 5.14. The van der Waals surface area contributed by atoms with Crippen molar-refractivity contribution in [2.24, 2.45) is 5.92 Å². The third-order valence-corrected chi connectivity index (χ3v) is 6.36. The van der Waals surface area contributed by atoms with Crippen LogP contribution in [0.1, 0.15) is 46.2 Å². The average Bonchev–Trinajstić information content (AvgIpc) is 3.35. The fourth-order valence-corrected chi connectivity index (χ4v) is 4.41. The summed E-state index contributed by atoms with van der Waals surface area (Å²) in [6, 6.07) is 9.85. The van der Waals surface area contributed by atoms with Gasteiger partial charge in [-0.25, -0.2) is 0 Å². The highest BCUT2D eigenvalue weighted by atomic mass is 32.1. The normalized spacial score (nSPS) is 15.2. The molecule has 1 saturated heterocycles. The third kappa shape index (κ3) is 5.85. The highest BCUT2D eigenvalue weighted by molar-refractivity contribution is 7.12. The molecule has 0 spiro atoms. The molecular weight excluding hydrogens is 414 g/mol. The number of thiophene rings is 1. The van der Waals surface area contributed by atoms with Crippen molar-refractivity contribution < 1.29 is 19.1 Å². The highest BCUT2D eigenvalue weighted by Crippen LogP contribution is 2.24. The fraction of sp³-hybridized carbons (Fsp3) is 0.435. The molecule has 2 heterocycles. The van der Waals surface area contributed by atoms with Gasteiger partial charge in [0.1, 0.15) is 11.8 Å². The predicted octanol–water partition coefficient (Wildman–Crippen LogP) is 2.93. The van der Waals surface area contributed by atoms with Crippen molar-refractivity contribution in [3.05, 3.63) is 52.2 Å². The second-order valence-electron chi connectivity index (χ2n) is 7.58. The molecule has 2 aromatic rings. The van der Waals surface area contributed by atoms with E-state index in [4.69, 9.17) is 4.74 Å². The standard InChI is InChI=1S/C23H29N3O4S/c1-3-12-24-22(28)20(25-21(27)17-6-8-18(30-2)9-7-17)16-10-13-26(14-11-16)23(29)19-5-4-15-31-19/h4-9,15-16,20H,3,10-14H2,1-2H3,(H,24,28)(H,25,27)/t20-/m0/s1. The molecule has 31 heavy (non-hydrogen) atoms. The van der Waals surface area contributed by atoms with Gasteiger partial charge in [-0.05, 0) is 60.9 Å². The number of ether oxygens (including phenoxy) is 1. The first-order valence-electron chi connectivity index (χ1n) is 10.6. The van der Waals surface area contributed by atoms with Gasteiger partial charge in [-0.2, -0.15) is 0 Å². The second-order valence-corrected chi connectivity index (χ2v) is 8.53. The number of hydrogen-bond donors (Lipinski definition) is 2. The van der Waals surface area contributed by atoms with Gasteiger partial charge < -0.3 is 20.3 Å². The Morgan fingerprint density at radius 1 is 1.16 bits per heavy atom. The van der Waals surface area contributed by atoms with Crippen LogP contribution in [0.4, 0.5) is 0 Å². The molecule has 3 amide bonds. The van der Waals surface area contributed by atoms with Gasteiger partial charge >= 0.3 is 0 Å². The molecule has 1 aromatic heterocycles. The van der Waals surface area contributed by atoms with Crippen LogP contribution in [0.5, 0.6) is 5.75 Å². The summed E-state index contributed by atoms with van der Waals surface area (Å²) in [5.41, 5.74) is 0.472. The Bertz CT molecular complexity index is 875. The predicted molar refractivity (Wildman–Crippen MR) is 120 cm³/mol. The van der Waals surface area contributed by atoms with Crippen LogP contribution in [0.25, 0.3) is 0 Å². The smallest absolute Gasteiger partial charge is 0.263 e. The number of amides is 3. The monoisotopic (exact) mass is 443 g/mol. The van der Waals surface area contributed by atoms with Gasteiger partial charge in [0.05, 0.1) is 12.0 Å². The van der Waals surface area contributed by atoms with Crippen LogP contribution in [-0.2, 0) is 4.79 Å². The van der Waals surface area contributed by atoms with E-state index in [1.165, 1.54) is 11.3 Å². The molecule has 166 valence electrons. The molecule has 1 aliphatic rings. The first kappa shape index (κ1) is 22.8. The van der Waals surface area contributed by atoms with Gasteiger partial charge in [-0.3, -0.25) is 14.4 Å². The Morgan fingerprint density at radius 3 is 2.45 bits per heavy atom. The zero-order valence-electron chi connectivity index (χ0n) is 17.9. The van der Waals surface area contributed by atoms with Gasteiger partial charge in [-0.15, -0.1) is 11.3 Å². The van der Waals surface area contributed by atoms with Crippen molar-refractivity contribution in [2.75, 3.05) is 26.7 Å². The lowest BCUT2D eigenvalue weighted by Crippen LogP contribution is -2.53. The number of carbonyl (C=O) groups is 3. The highest BCUT2D eigenvalue weighted by Gasteiger charge is 2.34. The van der Waals surface area contributed by atoms with Crippen LogP contribution in [0.3, 0.4) is 0 Å². The first-order chi connectivity index (χ1) is 15.0. The van der Waals surface area contributed by atoms with E-state index in [9.17, 15) is 14.4 Å². The summed E-state index contributed by atoms with van der Waals surface area (Å²) in [5.74, 6) is 0.189. The number of piperidine rings is 1. The van der Waals surface area contributed by atoms with Gasteiger partial charge in [0.25, 0.3) is 11.8 Å². The van der Waals surface area contributed by atoms with Crippen molar-refractivity contribution in [1.29, 1.82) is 0 Å². The molecule has 2 N–H and O–H groups in total. The van der Waals surface area contributed by atoms with Crippen molar-refractivity contribution in [2.45, 2.75) is 32.2 Å². The van der Waals surface area contributed by atoms with Gasteiger partial charge in [0.15, 0.2) is 0 Å². The van der Waals surface area contributed by atoms with E-state index in [1.54, 1.807) is 31.4 Å². The number of benzene rings is 1. The van der Waals surface area contributed by atoms with Gasteiger partial charge in [0.2, 0.25) is 5.91 Å². The van der Waals surface area contributed by atoms with Crippen LogP contribution in [0.15, 0.2) is 41.8 Å². The van der Waals surface area contributed by atoms with Crippen molar-refractivity contribution >= 4 is 29.1 Å². The fourth-order valence-electron chi connectivity index (χ4n) is 3.71. The van der Waals surface area contributed by atoms with Crippen LogP contribution < -0.4 is 15.4 Å². The second kappa shape index (κ2) is 10.9. The molecule has 1 atom stereocenters. The quantitative estimate of drug-likeness (QED) is 0.657. The maximum atomic E-state index is 12.8. The van der Waals surface area contributed by atoms with Gasteiger partial charge in [-0.1, -0.05) is 13.0 Å². The molecule has 0 radical (unpaired) electrons. The average molecular weight is 444 g/mol. The number of likely N-dealkylation sites (tertiary alicyclic amines) is 1. The zero-order chi connectivity index (χ0) is 22.2. The number of nitrogens with zero attached hydrogens (tertiary/aromatic N) is 1. The molecule has 1 aliphatic heterocycles. The Balaban J connectivity index is 1.66. The summed E-state index contributed by atoms with van der Waals surface area (Å²) in [5, 5.41) is 7.73. The molecular formula is C23H29N3O4S. The molecule has 7 nitrogen and oxygen atoms in total. The van der Waals surface area contributed by atoms with E-state index < -0.39 is 6.04 Å². The molecule has 3 rings (SSSR count). The largest absolute Gasteiger partial charge is 0.497 e. The topological polar surface area (TPSA) is 87.7 Å². The lowest BCUT2D eigenvalue weighted by Gasteiger charge is -2.35. The molecule has 0 saturated carbocycles. The summed E-state index contributed by atoms with van der Waals surface area (Å²) in [4.78, 5) is 40.8. The summed E-state index contributed by atoms with van der Waals surface area (Å²) >= 11 is 1.43. The van der Waals surface area contributed by atoms with Crippen LogP contribution in [-0.4, -0.2) is 55.4 Å². The lowest BCUT2D eigenvalue weighted by atomic mass is 9.88. The van der Waals surface area contributed by atoms with Crippen molar-refractivity contribution in [1.82, 2.24) is 15.5 Å². The molecule has 8 heteroatoms. The van der Waals surface area contributed by atoms with E-state index in [1.807, 2.05) is 29.3 Å². The SMILES string of the molecule is CCCNC(=O)[C@@H](NC(=O)c1ccc(OC)cc1)C1CCN(C(=O)c2cccs2)CC1. The maximum absolute atomic E-state index is 12.8. The summed E-state index contributed by atoms with van der Waals surface area (Å²) in [6.07, 6.45) is 2.13. The third-order valence-electron chi connectivity index (χ3n) is 5.50. The first-order valence-corrected chi connectivity index (χ1v) is 11.5. The van der Waals surface area contributed by atoms with E-state index in [2.05, 4.69) is 10.6 Å². The van der Waals surface area contributed by atoms with E-state index in [0.717, 1.165) is 11.3 Å². The van der Waals surface area contributed by atoms with Crippen molar-refractivity contribution in [3.8, 4) is 5.75 Å². The van der Waals surface area contributed by atoms with Gasteiger partial charge in [0, 0.05) is 25.2 Å². The van der Waals surface area contributed by atoms with Crippen LogP contribution in [0, 0.1) is 5.92 Å². The Hall–Kier alpha value is -2.87. The summed E-state index contributed by atoms with van der Waals surface area (Å²) in [6.45, 7) is 3.68. The van der Waals surface area contributed by atoms with Crippen molar-refractivity contribution in [3.63, 3.8) is 0 Å². The molecule has 1 aromatic carbocycles. The summed E-state index contributed by atoms with van der Waals surface area (Å²) in [7, 11) is 1.57. The zero-order valence-corrected chi connectivity index (χ0v) is 18.7. The number of methoxy groups -OCH3 is 1. The molecule has 1 fully saturated rings. The van der Waals surface area contributed by atoms with E-state index in [-0.39, 0.29) is 23.6 Å². The van der Waals surface area contributed by atoms with Crippen LogP contribution >= 0.6 is 11.3 Å². The Kier molecular flexibility index (Phi) is 8.06. The minimum absolute atomic E-state index is 0.0303. The van der Waals surface area contributed by atoms with Crippen LogP contribution in [0.2, 0.25) is 0 Å². The Labute approximate surface area is 186 Å².